The van der Waals surface area contributed by atoms with Gasteiger partial charge < -0.3 is 10.6 Å². The highest BCUT2D eigenvalue weighted by Crippen LogP contribution is 2.19. The summed E-state index contributed by atoms with van der Waals surface area (Å²) < 4.78 is 0. The van der Waals surface area contributed by atoms with E-state index >= 15 is 0 Å². The summed E-state index contributed by atoms with van der Waals surface area (Å²) in [4.78, 5) is 0. The third-order valence-corrected chi connectivity index (χ3v) is 3.58. The van der Waals surface area contributed by atoms with Gasteiger partial charge in [-0.3, -0.25) is 10.9 Å². The Morgan fingerprint density at radius 1 is 1.19 bits per heavy atom. The van der Waals surface area contributed by atoms with Crippen LogP contribution in [0.25, 0.3) is 0 Å². The normalized spacial score (nSPS) is 10.1. The molecule has 0 saturated carbocycles. The van der Waals surface area contributed by atoms with Crippen molar-refractivity contribution in [2.75, 3.05) is 11.9 Å². The number of halogens is 1. The van der Waals surface area contributed by atoms with Crippen molar-refractivity contribution in [1.82, 2.24) is 16.2 Å². The lowest BCUT2D eigenvalue weighted by molar-refractivity contribution is 0.575. The lowest BCUT2D eigenvalue weighted by Crippen LogP contribution is -2.48. The molecular weight excluding hydrogens is 324 g/mol. The van der Waals surface area contributed by atoms with E-state index in [4.69, 9.17) is 36.0 Å². The second-order valence-electron chi connectivity index (χ2n) is 5.11. The number of hydrogen-bond acceptors (Lipinski definition) is 2. The molecule has 0 unspecified atom stereocenters. The molecule has 0 aliphatic rings. The molecule has 0 fully saturated rings. The Morgan fingerprint density at radius 2 is 1.86 bits per heavy atom. The minimum Gasteiger partial charge on any atom is -0.361 e. The highest BCUT2D eigenvalue weighted by Gasteiger charge is 2.01. The fourth-order valence-corrected chi connectivity index (χ4v) is 1.97. The maximum absolute atomic E-state index is 6.06. The largest absolute Gasteiger partial charge is 0.361 e. The molecule has 0 aliphatic carbocycles. The summed E-state index contributed by atoms with van der Waals surface area (Å²) in [6, 6.07) is 5.66. The van der Waals surface area contributed by atoms with Crippen molar-refractivity contribution in [3.63, 3.8) is 0 Å². The van der Waals surface area contributed by atoms with E-state index in [-0.39, 0.29) is 0 Å². The maximum Gasteiger partial charge on any atom is 0.189 e. The summed E-state index contributed by atoms with van der Waals surface area (Å²) in [5.74, 6) is 0.641. The molecule has 0 radical (unpaired) electrons. The van der Waals surface area contributed by atoms with E-state index in [1.54, 1.807) is 0 Å². The van der Waals surface area contributed by atoms with E-state index in [1.165, 1.54) is 0 Å². The Balaban J connectivity index is 2.30. The molecule has 0 atom stereocenters. The van der Waals surface area contributed by atoms with Crippen LogP contribution in [0.2, 0.25) is 5.02 Å². The van der Waals surface area contributed by atoms with Crippen molar-refractivity contribution < 1.29 is 0 Å². The van der Waals surface area contributed by atoms with Gasteiger partial charge in [-0.05, 0) is 61.4 Å². The van der Waals surface area contributed by atoms with Gasteiger partial charge in [0.15, 0.2) is 10.2 Å². The highest BCUT2D eigenvalue weighted by atomic mass is 35.5. The number of thiocarbonyl (C=S) groups is 2. The first-order valence-electron chi connectivity index (χ1n) is 6.75. The average Bonchev–Trinajstić information content (AvgIpc) is 2.40. The Morgan fingerprint density at radius 3 is 2.48 bits per heavy atom. The lowest BCUT2D eigenvalue weighted by atomic mass is 10.1. The monoisotopic (exact) mass is 344 g/mol. The minimum atomic E-state index is 0.419. The van der Waals surface area contributed by atoms with E-state index in [9.17, 15) is 0 Å². The predicted molar refractivity (Wildman–Crippen MR) is 98.7 cm³/mol. The molecule has 0 aromatic heterocycles. The number of aryl methyl sites for hydroxylation is 1. The third kappa shape index (κ3) is 7.45. The minimum absolute atomic E-state index is 0.419. The molecule has 1 aromatic rings. The molecule has 0 aliphatic heterocycles. The molecule has 0 bridgehead atoms. The third-order valence-electron chi connectivity index (χ3n) is 2.73. The molecule has 4 nitrogen and oxygen atoms in total. The summed E-state index contributed by atoms with van der Waals surface area (Å²) in [5.41, 5.74) is 7.51. The number of hydrogen-bond donors (Lipinski definition) is 4. The predicted octanol–water partition coefficient (Wildman–Crippen LogP) is 3.36. The molecule has 1 aromatic carbocycles. The molecule has 21 heavy (non-hydrogen) atoms. The maximum atomic E-state index is 6.06. The summed E-state index contributed by atoms with van der Waals surface area (Å²) in [5, 5.41) is 7.76. The zero-order chi connectivity index (χ0) is 15.8. The summed E-state index contributed by atoms with van der Waals surface area (Å²) in [6.07, 6.45) is 1.06. The van der Waals surface area contributed by atoms with Crippen LogP contribution in [0.3, 0.4) is 0 Å². The quantitative estimate of drug-likeness (QED) is 0.496. The standard InChI is InChI=1S/C14H21ClN4S2/c1-9(2)6-7-16-13(20)18-19-14(21)17-11-5-4-10(3)12(15)8-11/h4-5,8-9H,6-7H2,1-3H3,(H2,16,18,20)(H2,17,19,21). The number of benzene rings is 1. The van der Waals surface area contributed by atoms with Gasteiger partial charge in [0.05, 0.1) is 0 Å². The molecular formula is C14H21ClN4S2. The molecule has 116 valence electrons. The number of anilines is 1. The van der Waals surface area contributed by atoms with Gasteiger partial charge in [0, 0.05) is 17.3 Å². The Kier molecular flexibility index (Phi) is 7.71. The molecule has 0 heterocycles. The first-order valence-corrected chi connectivity index (χ1v) is 7.95. The fraction of sp³-hybridized carbons (Fsp3) is 0.429. The summed E-state index contributed by atoms with van der Waals surface area (Å²) in [7, 11) is 0. The summed E-state index contributed by atoms with van der Waals surface area (Å²) in [6.45, 7) is 7.12. The SMILES string of the molecule is Cc1ccc(NC(=S)NNC(=S)NCCC(C)C)cc1Cl. The van der Waals surface area contributed by atoms with Crippen molar-refractivity contribution >= 4 is 51.9 Å². The van der Waals surface area contributed by atoms with Gasteiger partial charge in [0.25, 0.3) is 0 Å². The number of nitrogens with one attached hydrogen (secondary N) is 4. The molecule has 7 heteroatoms. The molecule has 0 saturated heterocycles. The van der Waals surface area contributed by atoms with Crippen LogP contribution in [-0.2, 0) is 0 Å². The second-order valence-corrected chi connectivity index (χ2v) is 6.33. The first kappa shape index (κ1) is 17.9. The van der Waals surface area contributed by atoms with E-state index in [0.29, 0.717) is 21.2 Å². The van der Waals surface area contributed by atoms with Gasteiger partial charge >= 0.3 is 0 Å². The van der Waals surface area contributed by atoms with Crippen LogP contribution in [-0.4, -0.2) is 16.8 Å². The molecule has 0 amide bonds. The van der Waals surface area contributed by atoms with Crippen molar-refractivity contribution in [1.29, 1.82) is 0 Å². The summed E-state index contributed by atoms with van der Waals surface area (Å²) >= 11 is 16.4. The zero-order valence-electron chi connectivity index (χ0n) is 12.4. The van der Waals surface area contributed by atoms with Gasteiger partial charge in [0.1, 0.15) is 0 Å². The van der Waals surface area contributed by atoms with Gasteiger partial charge in [-0.2, -0.15) is 0 Å². The van der Waals surface area contributed by atoms with E-state index in [2.05, 4.69) is 35.3 Å². The Labute approximate surface area is 142 Å². The number of rotatable bonds is 4. The van der Waals surface area contributed by atoms with Crippen LogP contribution >= 0.6 is 36.0 Å². The van der Waals surface area contributed by atoms with Crippen molar-refractivity contribution in [3.8, 4) is 0 Å². The van der Waals surface area contributed by atoms with E-state index in [0.717, 1.165) is 24.2 Å². The zero-order valence-corrected chi connectivity index (χ0v) is 14.8. The van der Waals surface area contributed by atoms with Crippen LogP contribution in [0.5, 0.6) is 0 Å². The van der Waals surface area contributed by atoms with Crippen LogP contribution in [0.4, 0.5) is 5.69 Å². The van der Waals surface area contributed by atoms with Crippen LogP contribution in [0.1, 0.15) is 25.8 Å². The molecule has 1 rings (SSSR count). The highest BCUT2D eigenvalue weighted by molar-refractivity contribution is 7.80. The second kappa shape index (κ2) is 9.02. The Bertz CT molecular complexity index is 506. The molecule has 4 N–H and O–H groups in total. The van der Waals surface area contributed by atoms with Crippen molar-refractivity contribution in [2.45, 2.75) is 27.2 Å². The topological polar surface area (TPSA) is 48.1 Å². The molecule has 0 spiro atoms. The van der Waals surface area contributed by atoms with Crippen molar-refractivity contribution in [2.24, 2.45) is 5.92 Å². The van der Waals surface area contributed by atoms with Gasteiger partial charge in [-0.25, -0.2) is 0 Å². The fourth-order valence-electron chi connectivity index (χ4n) is 1.47. The smallest absolute Gasteiger partial charge is 0.189 e. The lowest BCUT2D eigenvalue weighted by Gasteiger charge is -2.15. The van der Waals surface area contributed by atoms with E-state index in [1.807, 2.05) is 25.1 Å². The van der Waals surface area contributed by atoms with Crippen LogP contribution in [0, 0.1) is 12.8 Å². The van der Waals surface area contributed by atoms with Gasteiger partial charge in [-0.1, -0.05) is 31.5 Å². The Hall–Kier alpha value is -1.11. The van der Waals surface area contributed by atoms with Crippen LogP contribution < -0.4 is 21.5 Å². The van der Waals surface area contributed by atoms with E-state index < -0.39 is 0 Å². The van der Waals surface area contributed by atoms with Gasteiger partial charge in [0.2, 0.25) is 0 Å². The van der Waals surface area contributed by atoms with Crippen LogP contribution in [0.15, 0.2) is 18.2 Å². The van der Waals surface area contributed by atoms with Crippen molar-refractivity contribution in [3.05, 3.63) is 28.8 Å². The average molecular weight is 345 g/mol. The van der Waals surface area contributed by atoms with Gasteiger partial charge in [-0.15, -0.1) is 0 Å². The first-order chi connectivity index (χ1) is 9.88. The number of hydrazine groups is 1.